The third-order valence-electron chi connectivity index (χ3n) is 2.68. The first kappa shape index (κ1) is 13.5. The van der Waals surface area contributed by atoms with Crippen LogP contribution in [-0.2, 0) is 6.42 Å². The fourth-order valence-electron chi connectivity index (χ4n) is 1.67. The van der Waals surface area contributed by atoms with Gasteiger partial charge in [-0.05, 0) is 30.9 Å². The monoisotopic (exact) mass is 277 g/mol. The highest BCUT2D eigenvalue weighted by atomic mass is 32.1. The molecule has 2 heterocycles. The molecule has 0 amide bonds. The summed E-state index contributed by atoms with van der Waals surface area (Å²) in [5, 5.41) is 11.0. The number of anilines is 1. The highest BCUT2D eigenvalue weighted by Gasteiger charge is 2.11. The van der Waals surface area contributed by atoms with Crippen molar-refractivity contribution in [1.82, 2.24) is 9.97 Å². The summed E-state index contributed by atoms with van der Waals surface area (Å²) in [5.41, 5.74) is 0.691. The molecule has 0 bridgehead atoms. The average molecular weight is 277 g/mol. The smallest absolute Gasteiger partial charge is 0.354 e. The van der Waals surface area contributed by atoms with E-state index >= 15 is 0 Å². The number of carboxylic acid groups (broad SMARTS) is 1. The Kier molecular flexibility index (Phi) is 4.11. The second-order valence-electron chi connectivity index (χ2n) is 4.25. The van der Waals surface area contributed by atoms with Gasteiger partial charge in [0.2, 0.25) is 5.95 Å². The Labute approximate surface area is 115 Å². The number of aromatic nitrogens is 2. The zero-order chi connectivity index (χ0) is 13.8. The van der Waals surface area contributed by atoms with Crippen molar-refractivity contribution in [1.29, 1.82) is 0 Å². The molecule has 0 atom stereocenters. The lowest BCUT2D eigenvalue weighted by atomic mass is 10.3. The van der Waals surface area contributed by atoms with Crippen molar-refractivity contribution in [3.63, 3.8) is 0 Å². The predicted molar refractivity (Wildman–Crippen MR) is 75.0 cm³/mol. The Morgan fingerprint density at radius 2 is 2.26 bits per heavy atom. The summed E-state index contributed by atoms with van der Waals surface area (Å²) in [6, 6.07) is 5.57. The van der Waals surface area contributed by atoms with E-state index in [9.17, 15) is 4.79 Å². The second kappa shape index (κ2) is 5.79. The van der Waals surface area contributed by atoms with E-state index in [2.05, 4.69) is 16.0 Å². The Morgan fingerprint density at radius 3 is 2.89 bits per heavy atom. The molecule has 2 aromatic heterocycles. The number of thiophene rings is 1. The summed E-state index contributed by atoms with van der Waals surface area (Å²) in [5.74, 6) is -0.577. The van der Waals surface area contributed by atoms with Gasteiger partial charge in [-0.25, -0.2) is 14.8 Å². The minimum absolute atomic E-state index is 0.0328. The van der Waals surface area contributed by atoms with Crippen LogP contribution in [-0.4, -0.2) is 34.6 Å². The normalized spacial score (nSPS) is 10.4. The third-order valence-corrected chi connectivity index (χ3v) is 3.61. The number of aromatic carboxylic acids is 1. The molecule has 0 saturated carbocycles. The molecular formula is C13H15N3O2S. The zero-order valence-electron chi connectivity index (χ0n) is 10.8. The minimum Gasteiger partial charge on any atom is -0.477 e. The summed E-state index contributed by atoms with van der Waals surface area (Å²) >= 11 is 1.71. The van der Waals surface area contributed by atoms with E-state index in [-0.39, 0.29) is 5.69 Å². The van der Waals surface area contributed by atoms with Crippen LogP contribution in [0, 0.1) is 6.92 Å². The van der Waals surface area contributed by atoms with Gasteiger partial charge in [-0.1, -0.05) is 6.07 Å². The highest BCUT2D eigenvalue weighted by Crippen LogP contribution is 2.13. The summed E-state index contributed by atoms with van der Waals surface area (Å²) < 4.78 is 0. The quantitative estimate of drug-likeness (QED) is 0.907. The topological polar surface area (TPSA) is 66.3 Å². The van der Waals surface area contributed by atoms with Crippen molar-refractivity contribution >= 4 is 23.3 Å². The maximum atomic E-state index is 11.0. The van der Waals surface area contributed by atoms with Gasteiger partial charge in [0.05, 0.1) is 0 Å². The van der Waals surface area contributed by atoms with E-state index in [4.69, 9.17) is 5.11 Å². The van der Waals surface area contributed by atoms with E-state index in [0.717, 1.165) is 13.0 Å². The zero-order valence-corrected chi connectivity index (χ0v) is 11.6. The van der Waals surface area contributed by atoms with Gasteiger partial charge in [0.25, 0.3) is 0 Å². The molecule has 2 aromatic rings. The van der Waals surface area contributed by atoms with Gasteiger partial charge < -0.3 is 10.0 Å². The predicted octanol–water partition coefficient (Wildman–Crippen LogP) is 2.22. The first-order valence-corrected chi connectivity index (χ1v) is 6.76. The van der Waals surface area contributed by atoms with Gasteiger partial charge in [0, 0.05) is 24.2 Å². The first-order valence-electron chi connectivity index (χ1n) is 5.89. The van der Waals surface area contributed by atoms with Gasteiger partial charge in [-0.2, -0.15) is 0 Å². The molecule has 5 nitrogen and oxygen atoms in total. The summed E-state index contributed by atoms with van der Waals surface area (Å²) in [4.78, 5) is 22.5. The fraction of sp³-hybridized carbons (Fsp3) is 0.308. The molecule has 0 fully saturated rings. The minimum atomic E-state index is -1.03. The molecule has 0 aliphatic heterocycles. The van der Waals surface area contributed by atoms with Crippen LogP contribution in [0.15, 0.2) is 23.6 Å². The van der Waals surface area contributed by atoms with Crippen LogP contribution in [0.4, 0.5) is 5.95 Å². The second-order valence-corrected chi connectivity index (χ2v) is 5.28. The lowest BCUT2D eigenvalue weighted by Gasteiger charge is -2.17. The van der Waals surface area contributed by atoms with E-state index < -0.39 is 5.97 Å². The molecule has 2 rings (SSSR count). The van der Waals surface area contributed by atoms with Gasteiger partial charge >= 0.3 is 5.97 Å². The molecule has 0 aliphatic carbocycles. The van der Waals surface area contributed by atoms with Crippen LogP contribution in [0.25, 0.3) is 0 Å². The fourth-order valence-corrected chi connectivity index (χ4v) is 2.36. The van der Waals surface area contributed by atoms with Crippen LogP contribution in [0.2, 0.25) is 0 Å². The number of aryl methyl sites for hydroxylation is 1. The molecule has 0 aromatic carbocycles. The maximum Gasteiger partial charge on any atom is 0.354 e. The summed E-state index contributed by atoms with van der Waals surface area (Å²) in [7, 11) is 1.87. The van der Waals surface area contributed by atoms with Crippen LogP contribution < -0.4 is 4.90 Å². The Balaban J connectivity index is 2.09. The number of hydrogen-bond acceptors (Lipinski definition) is 5. The lowest BCUT2D eigenvalue weighted by Crippen LogP contribution is -2.23. The maximum absolute atomic E-state index is 11.0. The van der Waals surface area contributed by atoms with Crippen molar-refractivity contribution in [2.24, 2.45) is 0 Å². The lowest BCUT2D eigenvalue weighted by molar-refractivity contribution is 0.0690. The molecule has 0 radical (unpaired) electrons. The largest absolute Gasteiger partial charge is 0.477 e. The number of carbonyl (C=O) groups is 1. The van der Waals surface area contributed by atoms with Crippen molar-refractivity contribution in [3.05, 3.63) is 39.8 Å². The van der Waals surface area contributed by atoms with Crippen LogP contribution in [0.3, 0.4) is 0 Å². The molecule has 19 heavy (non-hydrogen) atoms. The molecule has 0 spiro atoms. The number of carboxylic acids is 1. The van der Waals surface area contributed by atoms with Crippen LogP contribution in [0.1, 0.15) is 21.1 Å². The molecule has 0 aliphatic rings. The number of hydrogen-bond donors (Lipinski definition) is 1. The number of likely N-dealkylation sites (N-methyl/N-ethyl adjacent to an activating group) is 1. The number of nitrogens with zero attached hydrogens (tertiary/aromatic N) is 3. The Morgan fingerprint density at radius 1 is 1.47 bits per heavy atom. The number of rotatable bonds is 5. The molecule has 100 valence electrons. The Hall–Kier alpha value is -1.95. The van der Waals surface area contributed by atoms with Crippen molar-refractivity contribution < 1.29 is 9.90 Å². The molecule has 0 saturated heterocycles. The first-order chi connectivity index (χ1) is 9.06. The molecule has 0 unspecified atom stereocenters. The van der Waals surface area contributed by atoms with E-state index in [1.165, 1.54) is 10.9 Å². The summed E-state index contributed by atoms with van der Waals surface area (Å²) in [6.07, 6.45) is 0.897. The average Bonchev–Trinajstić information content (AvgIpc) is 2.88. The molecular weight excluding hydrogens is 262 g/mol. The van der Waals surface area contributed by atoms with Crippen molar-refractivity contribution in [3.8, 4) is 0 Å². The van der Waals surface area contributed by atoms with Crippen LogP contribution in [0.5, 0.6) is 0 Å². The summed E-state index contributed by atoms with van der Waals surface area (Å²) in [6.45, 7) is 2.52. The van der Waals surface area contributed by atoms with Crippen LogP contribution >= 0.6 is 11.3 Å². The van der Waals surface area contributed by atoms with E-state index in [0.29, 0.717) is 11.6 Å². The van der Waals surface area contributed by atoms with E-state index in [1.807, 2.05) is 23.4 Å². The SMILES string of the molecule is Cc1cc(C(=O)O)nc(N(C)CCc2cccs2)n1. The standard InChI is InChI=1S/C13H15N3O2S/c1-9-8-11(12(17)18)15-13(14-9)16(2)6-5-10-4-3-7-19-10/h3-4,7-8H,5-6H2,1-2H3,(H,17,18). The van der Waals surface area contributed by atoms with Gasteiger partial charge in [0.15, 0.2) is 5.69 Å². The third kappa shape index (κ3) is 3.51. The Bertz CT molecular complexity index is 569. The van der Waals surface area contributed by atoms with Gasteiger partial charge in [0.1, 0.15) is 0 Å². The van der Waals surface area contributed by atoms with Gasteiger partial charge in [-0.3, -0.25) is 0 Å². The molecule has 1 N–H and O–H groups in total. The van der Waals surface area contributed by atoms with Crippen molar-refractivity contribution in [2.45, 2.75) is 13.3 Å². The molecule has 6 heteroatoms. The highest BCUT2D eigenvalue weighted by molar-refractivity contribution is 7.09. The van der Waals surface area contributed by atoms with Crippen molar-refractivity contribution in [2.75, 3.05) is 18.5 Å². The van der Waals surface area contributed by atoms with Gasteiger partial charge in [-0.15, -0.1) is 11.3 Å². The van der Waals surface area contributed by atoms with E-state index in [1.54, 1.807) is 18.3 Å².